The van der Waals surface area contributed by atoms with E-state index in [1.807, 2.05) is 30.3 Å². The van der Waals surface area contributed by atoms with Gasteiger partial charge in [-0.05, 0) is 85.7 Å². The van der Waals surface area contributed by atoms with Crippen LogP contribution in [0.25, 0.3) is 5.76 Å². The van der Waals surface area contributed by atoms with Gasteiger partial charge in [-0.2, -0.15) is 0 Å². The summed E-state index contributed by atoms with van der Waals surface area (Å²) in [6, 6.07) is 16.4. The van der Waals surface area contributed by atoms with Gasteiger partial charge in [-0.15, -0.1) is 0 Å². The van der Waals surface area contributed by atoms with Gasteiger partial charge in [-0.1, -0.05) is 30.3 Å². The van der Waals surface area contributed by atoms with E-state index in [2.05, 4.69) is 45.0 Å². The minimum absolute atomic E-state index is 0.170. The van der Waals surface area contributed by atoms with E-state index in [1.165, 1.54) is 16.7 Å². The number of nitrogens with zero attached hydrogens (tertiary/aromatic N) is 1. The molecule has 1 aliphatic rings. The molecule has 0 amide bonds. The van der Waals surface area contributed by atoms with Crippen molar-refractivity contribution in [1.82, 2.24) is 4.98 Å². The van der Waals surface area contributed by atoms with Gasteiger partial charge >= 0.3 is 0 Å². The van der Waals surface area contributed by atoms with E-state index in [9.17, 15) is 0 Å². The molecule has 5 nitrogen and oxygen atoms in total. The van der Waals surface area contributed by atoms with Crippen LogP contribution in [0.5, 0.6) is 11.5 Å². The van der Waals surface area contributed by atoms with Crippen LogP contribution in [-0.2, 0) is 22.5 Å². The molecule has 4 rings (SSSR count). The number of hydrogen-bond acceptors (Lipinski definition) is 5. The molecule has 0 unspecified atom stereocenters. The topological polar surface area (TPSA) is 49.8 Å². The highest BCUT2D eigenvalue weighted by atomic mass is 16.7. The first-order valence-electron chi connectivity index (χ1n) is 11.8. The second-order valence-corrected chi connectivity index (χ2v) is 8.63. The summed E-state index contributed by atoms with van der Waals surface area (Å²) in [7, 11) is 1.61. The fourth-order valence-corrected chi connectivity index (χ4v) is 4.16. The molecule has 0 N–H and O–H groups in total. The summed E-state index contributed by atoms with van der Waals surface area (Å²) >= 11 is 0. The van der Waals surface area contributed by atoms with Gasteiger partial charge in [0.15, 0.2) is 12.5 Å². The van der Waals surface area contributed by atoms with Crippen molar-refractivity contribution in [3.63, 3.8) is 0 Å². The molecule has 3 aromatic rings. The Morgan fingerprint density at radius 1 is 0.941 bits per heavy atom. The number of ether oxygens (including phenoxy) is 4. The lowest BCUT2D eigenvalue weighted by molar-refractivity contribution is 0.0502. The molecule has 34 heavy (non-hydrogen) atoms. The van der Waals surface area contributed by atoms with E-state index < -0.39 is 0 Å². The molecular weight excluding hydrogens is 426 g/mol. The number of benzene rings is 2. The first kappa shape index (κ1) is 23.8. The van der Waals surface area contributed by atoms with Crippen molar-refractivity contribution in [3.05, 3.63) is 93.8 Å². The Morgan fingerprint density at radius 3 is 2.50 bits per heavy atom. The zero-order valence-corrected chi connectivity index (χ0v) is 20.5. The van der Waals surface area contributed by atoms with Gasteiger partial charge in [-0.25, -0.2) is 4.98 Å². The lowest BCUT2D eigenvalue weighted by Gasteiger charge is -2.19. The standard InChI is InChI=1S/C29H33NO4/c1-20-16-28(33-18-23-10-6-5-7-11-23)22(3)21(2)25(20)17-24-13-14-27(34-19-31-4)29(30-24)26-12-8-9-15-32-26/h5-7,10-14,16H,8-9,15,17-19H2,1-4H3. The van der Waals surface area contributed by atoms with Gasteiger partial charge in [0.1, 0.15) is 23.8 Å². The van der Waals surface area contributed by atoms with Crippen LogP contribution >= 0.6 is 0 Å². The summed E-state index contributed by atoms with van der Waals surface area (Å²) in [4.78, 5) is 4.95. The fourth-order valence-electron chi connectivity index (χ4n) is 4.16. The third-order valence-corrected chi connectivity index (χ3v) is 6.22. The van der Waals surface area contributed by atoms with Crippen LogP contribution in [0.3, 0.4) is 0 Å². The Bertz CT molecular complexity index is 1150. The largest absolute Gasteiger partial charge is 0.492 e. The zero-order valence-electron chi connectivity index (χ0n) is 20.5. The molecule has 178 valence electrons. The van der Waals surface area contributed by atoms with Crippen LogP contribution in [0, 0.1) is 20.8 Å². The SMILES string of the molecule is COCOc1ccc(Cc2c(C)cc(OCc3ccccc3)c(C)c2C)nc1C1=CCCCO1. The third-order valence-electron chi connectivity index (χ3n) is 6.22. The number of hydrogen-bond donors (Lipinski definition) is 0. The Morgan fingerprint density at radius 2 is 1.76 bits per heavy atom. The molecule has 5 heteroatoms. The minimum atomic E-state index is 0.170. The molecule has 0 atom stereocenters. The van der Waals surface area contributed by atoms with Crippen LogP contribution < -0.4 is 9.47 Å². The molecular formula is C29H33NO4. The van der Waals surface area contributed by atoms with Crippen molar-refractivity contribution in [3.8, 4) is 11.5 Å². The van der Waals surface area contributed by atoms with Crippen LogP contribution in [0.15, 0.2) is 54.6 Å². The molecule has 0 spiro atoms. The van der Waals surface area contributed by atoms with E-state index >= 15 is 0 Å². The predicted molar refractivity (Wildman–Crippen MR) is 134 cm³/mol. The maximum absolute atomic E-state index is 6.17. The number of aromatic nitrogens is 1. The number of allylic oxidation sites excluding steroid dienone is 1. The highest BCUT2D eigenvalue weighted by Crippen LogP contribution is 2.32. The molecule has 0 fully saturated rings. The first-order valence-corrected chi connectivity index (χ1v) is 11.8. The van der Waals surface area contributed by atoms with Gasteiger partial charge in [0.25, 0.3) is 0 Å². The summed E-state index contributed by atoms with van der Waals surface area (Å²) in [6.45, 7) is 7.85. The van der Waals surface area contributed by atoms with E-state index in [1.54, 1.807) is 7.11 Å². The van der Waals surface area contributed by atoms with Crippen molar-refractivity contribution >= 4 is 5.76 Å². The van der Waals surface area contributed by atoms with Crippen molar-refractivity contribution in [2.75, 3.05) is 20.5 Å². The smallest absolute Gasteiger partial charge is 0.188 e. The first-order chi connectivity index (χ1) is 16.6. The summed E-state index contributed by atoms with van der Waals surface area (Å²) in [6.07, 6.45) is 4.82. The van der Waals surface area contributed by atoms with E-state index in [0.29, 0.717) is 19.0 Å². The quantitative estimate of drug-likeness (QED) is 0.351. The highest BCUT2D eigenvalue weighted by Gasteiger charge is 2.18. The van der Waals surface area contributed by atoms with Crippen LogP contribution in [0.2, 0.25) is 0 Å². The summed E-state index contributed by atoms with van der Waals surface area (Å²) in [5.41, 5.74) is 7.74. The summed E-state index contributed by atoms with van der Waals surface area (Å²) in [5, 5.41) is 0. The average Bonchev–Trinajstić information content (AvgIpc) is 2.88. The maximum atomic E-state index is 6.17. The summed E-state index contributed by atoms with van der Waals surface area (Å²) < 4.78 is 22.9. The molecule has 1 aromatic heterocycles. The van der Waals surface area contributed by atoms with Crippen LogP contribution in [0.1, 0.15) is 52.0 Å². The molecule has 0 radical (unpaired) electrons. The second-order valence-electron chi connectivity index (χ2n) is 8.63. The lowest BCUT2D eigenvalue weighted by atomic mass is 9.94. The molecule has 0 saturated heterocycles. The van der Waals surface area contributed by atoms with Gasteiger partial charge in [0.2, 0.25) is 0 Å². The molecule has 0 saturated carbocycles. The van der Waals surface area contributed by atoms with Crippen molar-refractivity contribution < 1.29 is 18.9 Å². The van der Waals surface area contributed by atoms with E-state index in [4.69, 9.17) is 23.9 Å². The monoisotopic (exact) mass is 459 g/mol. The Hall–Kier alpha value is -3.31. The van der Waals surface area contributed by atoms with Gasteiger partial charge < -0.3 is 18.9 Å². The second kappa shape index (κ2) is 11.2. The Kier molecular flexibility index (Phi) is 7.86. The van der Waals surface area contributed by atoms with Crippen LogP contribution in [-0.4, -0.2) is 25.5 Å². The minimum Gasteiger partial charge on any atom is -0.492 e. The highest BCUT2D eigenvalue weighted by molar-refractivity contribution is 5.63. The molecule has 1 aliphatic heterocycles. The number of pyridine rings is 1. The predicted octanol–water partition coefficient (Wildman–Crippen LogP) is 6.31. The van der Waals surface area contributed by atoms with Crippen molar-refractivity contribution in [2.24, 2.45) is 0 Å². The fraction of sp³-hybridized carbons (Fsp3) is 0.345. The van der Waals surface area contributed by atoms with Gasteiger partial charge in [0.05, 0.1) is 6.61 Å². The maximum Gasteiger partial charge on any atom is 0.188 e. The average molecular weight is 460 g/mol. The molecule has 0 bridgehead atoms. The Balaban J connectivity index is 1.59. The van der Waals surface area contributed by atoms with Crippen molar-refractivity contribution in [2.45, 2.75) is 46.6 Å². The molecule has 2 heterocycles. The van der Waals surface area contributed by atoms with E-state index in [-0.39, 0.29) is 6.79 Å². The van der Waals surface area contributed by atoms with E-state index in [0.717, 1.165) is 53.3 Å². The van der Waals surface area contributed by atoms with Crippen molar-refractivity contribution in [1.29, 1.82) is 0 Å². The van der Waals surface area contributed by atoms with Gasteiger partial charge in [-0.3, -0.25) is 0 Å². The Labute approximate surface area is 202 Å². The molecule has 2 aromatic carbocycles. The zero-order chi connectivity index (χ0) is 23.9. The van der Waals surface area contributed by atoms with Gasteiger partial charge in [0, 0.05) is 19.2 Å². The lowest BCUT2D eigenvalue weighted by Crippen LogP contribution is -2.09. The normalized spacial score (nSPS) is 13.2. The van der Waals surface area contributed by atoms with Crippen LogP contribution in [0.4, 0.5) is 0 Å². The number of methoxy groups -OCH3 is 1. The number of aryl methyl sites for hydroxylation is 1. The summed E-state index contributed by atoms with van der Waals surface area (Å²) in [5.74, 6) is 2.39. The number of rotatable bonds is 9. The third kappa shape index (κ3) is 5.60. The molecule has 0 aliphatic carbocycles.